The summed E-state index contributed by atoms with van der Waals surface area (Å²) < 4.78 is 302. The smallest absolute Gasteiger partial charge is 0.171 e. The fourth-order valence-corrected chi connectivity index (χ4v) is 16.9. The van der Waals surface area contributed by atoms with E-state index in [1.54, 1.807) is 13.8 Å². The molecule has 2 bridgehead atoms. The lowest BCUT2D eigenvalue weighted by Crippen LogP contribution is -2.55. The zero-order valence-electron chi connectivity index (χ0n) is 78.3. The molecule has 0 aromatic heterocycles. The minimum atomic E-state index is -5.20. The quantitative estimate of drug-likeness (QED) is 0.247. The van der Waals surface area contributed by atoms with Crippen molar-refractivity contribution >= 4 is 0 Å². The summed E-state index contributed by atoms with van der Waals surface area (Å²) in [6.07, 6.45) is -21.0. The van der Waals surface area contributed by atoms with E-state index in [4.69, 9.17) is 0 Å². The molecule has 0 heterocycles. The van der Waals surface area contributed by atoms with E-state index in [2.05, 4.69) is 173 Å². The van der Waals surface area contributed by atoms with E-state index in [9.17, 15) is 105 Å². The maximum atomic E-state index is 13.0. The minimum absolute atomic E-state index is 0.0106. The molecule has 0 N–H and O–H groups in total. The van der Waals surface area contributed by atoms with Gasteiger partial charge in [0.25, 0.3) is 0 Å². The predicted molar refractivity (Wildman–Crippen MR) is 437 cm³/mol. The fraction of sp³-hybridized carbons (Fsp3) is 1.00. The van der Waals surface area contributed by atoms with Crippen LogP contribution in [0.4, 0.5) is 105 Å². The molecule has 0 aromatic rings. The maximum Gasteiger partial charge on any atom is 0.403 e. The zero-order chi connectivity index (χ0) is 93.3. The van der Waals surface area contributed by atoms with Crippen molar-refractivity contribution in [2.45, 2.75) is 469 Å². The number of rotatable bonds is 3. The average molecular weight is 1740 g/mol. The molecule has 0 aromatic carbocycles. The highest BCUT2D eigenvalue weighted by molar-refractivity contribution is 5.03. The summed E-state index contributed by atoms with van der Waals surface area (Å²) in [6.45, 7) is 65.0. The molecule has 117 heavy (non-hydrogen) atoms. The van der Waals surface area contributed by atoms with Crippen molar-refractivity contribution in [1.82, 2.24) is 0 Å². The molecule has 9 aliphatic carbocycles. The summed E-state index contributed by atoms with van der Waals surface area (Å²) in [5.74, 6) is 1.38. The molecule has 0 nitrogen and oxygen atoms in total. The van der Waals surface area contributed by atoms with E-state index in [0.29, 0.717) is 64.6 Å². The largest absolute Gasteiger partial charge is 0.403 e. The van der Waals surface area contributed by atoms with E-state index < -0.39 is 116 Å². The molecule has 1 spiro atoms. The highest BCUT2D eigenvalue weighted by Gasteiger charge is 2.74. The summed E-state index contributed by atoms with van der Waals surface area (Å²) >= 11 is 0. The van der Waals surface area contributed by atoms with Gasteiger partial charge in [-0.2, -0.15) is 105 Å². The maximum absolute atomic E-state index is 13.0. The molecular formula is C93H168F24. The van der Waals surface area contributed by atoms with Gasteiger partial charge in [-0.25, -0.2) is 0 Å². The second-order valence-electron chi connectivity index (χ2n) is 43.9. The van der Waals surface area contributed by atoms with Crippen LogP contribution < -0.4 is 0 Å². The van der Waals surface area contributed by atoms with Crippen LogP contribution in [0.5, 0.6) is 0 Å². The number of hydrogen-bond donors (Lipinski definition) is 0. The van der Waals surface area contributed by atoms with Crippen LogP contribution in [0.3, 0.4) is 0 Å². The van der Waals surface area contributed by atoms with Crippen LogP contribution in [0.2, 0.25) is 0 Å². The minimum Gasteiger partial charge on any atom is -0.171 e. The molecule has 9 saturated carbocycles. The molecule has 9 rings (SSSR count). The Kier molecular flexibility index (Phi) is 48.8. The van der Waals surface area contributed by atoms with Crippen molar-refractivity contribution in [1.29, 1.82) is 0 Å². The first-order chi connectivity index (χ1) is 52.0. The molecule has 24 heteroatoms. The third-order valence-corrected chi connectivity index (χ3v) is 27.8. The van der Waals surface area contributed by atoms with Crippen LogP contribution in [0.15, 0.2) is 0 Å². The lowest BCUT2D eigenvalue weighted by Gasteiger charge is -2.49. The van der Waals surface area contributed by atoms with Gasteiger partial charge in [0.1, 0.15) is 0 Å². The fourth-order valence-electron chi connectivity index (χ4n) is 16.9. The highest BCUT2D eigenvalue weighted by atomic mass is 19.4. The molecule has 9 aliphatic rings. The van der Waals surface area contributed by atoms with E-state index in [-0.39, 0.29) is 61.7 Å². The SMILES string of the molecule is CC(C)(C)C.CC(C)C(C)(C)C.CC1CCC(C(F)(F)F)(C(F)(F)F)CC1.CC1CCC(C(F)(F)F)CC1.CC1CCC2(CC1)CCC(C(F)(F)F)(C(F)(F)F)CC2.CC1CCCC(C(F)(F)F)[C@@H]1C.CCC(C)(C)C.CCC(CC)C(C)(C)C.CCCC(C)(C)C.C[C@@H]1CCCCC1(C(F)(F)F)C(F)(F)F.C[C@H]1CC2CCC1(C)CC2. The van der Waals surface area contributed by atoms with Crippen LogP contribution in [-0.2, 0) is 0 Å². The topological polar surface area (TPSA) is 0 Å². The van der Waals surface area contributed by atoms with Crippen molar-refractivity contribution in [3.05, 3.63) is 0 Å². The summed E-state index contributed by atoms with van der Waals surface area (Å²) in [5.41, 5.74) is -7.35. The summed E-state index contributed by atoms with van der Waals surface area (Å²) in [5, 5.41) is 0. The van der Waals surface area contributed by atoms with Gasteiger partial charge in [-0.3, -0.25) is 0 Å². The van der Waals surface area contributed by atoms with E-state index in [1.807, 2.05) is 13.8 Å². The predicted octanol–water partition coefficient (Wildman–Crippen LogP) is 38.2. The molecule has 708 valence electrons. The van der Waals surface area contributed by atoms with Crippen molar-refractivity contribution in [2.75, 3.05) is 0 Å². The monoisotopic (exact) mass is 1740 g/mol. The Morgan fingerprint density at radius 1 is 0.342 bits per heavy atom. The van der Waals surface area contributed by atoms with E-state index in [1.165, 1.54) is 64.2 Å². The first-order valence-electron chi connectivity index (χ1n) is 44.5. The molecule has 0 radical (unpaired) electrons. The normalized spacial score (nSPS) is 26.7. The average Bonchev–Trinajstić information content (AvgIpc) is 0.741. The molecule has 9 fully saturated rings. The Hall–Kier alpha value is -1.68. The first kappa shape index (κ1) is 119. The molecule has 5 atom stereocenters. The Labute approximate surface area is 696 Å². The Morgan fingerprint density at radius 2 is 0.692 bits per heavy atom. The Morgan fingerprint density at radius 3 is 0.915 bits per heavy atom. The molecule has 0 aliphatic heterocycles. The van der Waals surface area contributed by atoms with Crippen LogP contribution in [-0.4, -0.2) is 49.4 Å². The Balaban J connectivity index is -0.00000125. The third kappa shape index (κ3) is 42.0. The lowest BCUT2D eigenvalue weighted by molar-refractivity contribution is -0.364. The van der Waals surface area contributed by atoms with Crippen molar-refractivity contribution in [3.8, 4) is 0 Å². The van der Waals surface area contributed by atoms with Crippen LogP contribution >= 0.6 is 0 Å². The molecule has 0 saturated heterocycles. The van der Waals surface area contributed by atoms with Crippen molar-refractivity contribution in [3.63, 3.8) is 0 Å². The van der Waals surface area contributed by atoms with Crippen molar-refractivity contribution < 1.29 is 105 Å². The van der Waals surface area contributed by atoms with E-state index in [0.717, 1.165) is 87.4 Å². The second-order valence-corrected chi connectivity index (χ2v) is 43.9. The molecule has 0 amide bonds. The van der Waals surface area contributed by atoms with Gasteiger partial charge in [-0.05, 0) is 232 Å². The number of halogens is 24. The van der Waals surface area contributed by atoms with Gasteiger partial charge < -0.3 is 0 Å². The molecule has 2 unspecified atom stereocenters. The van der Waals surface area contributed by atoms with Crippen LogP contribution in [0.1, 0.15) is 420 Å². The summed E-state index contributed by atoms with van der Waals surface area (Å²) in [6, 6.07) is 0. The lowest BCUT2D eigenvalue weighted by atomic mass is 9.57. The first-order valence-corrected chi connectivity index (χ1v) is 44.5. The van der Waals surface area contributed by atoms with Gasteiger partial charge in [0.05, 0.1) is 11.8 Å². The van der Waals surface area contributed by atoms with Crippen LogP contribution in [0.25, 0.3) is 0 Å². The van der Waals surface area contributed by atoms with Crippen molar-refractivity contribution in [2.24, 2.45) is 125 Å². The summed E-state index contributed by atoms with van der Waals surface area (Å²) in [4.78, 5) is 0. The van der Waals surface area contributed by atoms with E-state index >= 15 is 0 Å². The summed E-state index contributed by atoms with van der Waals surface area (Å²) in [7, 11) is 0. The van der Waals surface area contributed by atoms with Gasteiger partial charge >= 0.3 is 49.4 Å². The zero-order valence-corrected chi connectivity index (χ0v) is 78.3. The Bertz CT molecular complexity index is 2500. The second kappa shape index (κ2) is 47.8. The van der Waals surface area contributed by atoms with Gasteiger partial charge in [0.15, 0.2) is 16.2 Å². The highest BCUT2D eigenvalue weighted by Crippen LogP contribution is 2.65. The van der Waals surface area contributed by atoms with Crippen LogP contribution in [0, 0.1) is 125 Å². The standard InChI is InChI=1S/C14H20F6.C10H18.2C9H12F6.C9H15F3.C9H20.C8H13F3.2C7H16.C6H14.C5H12/c1-10-2-4-11(5-3-10)6-8-12(9-7-11,13(15,16)17)14(18,19)20;1-8-7-9-3-5-10(8,2)6-4-9;1-6-2-4-7(5-3-6,8(10,11)12)9(13,14)15;1-6-4-2-3-5-7(6,8(10,11)12)9(13,14)15;1-6-4-3-5-8(7(6)2)9(10,11)12;1-6-8(7-2)9(3,4)5;1-6-2-4-7(5-3-6)8(9,10)11;1-6(2)7(3,4)5;1-5-6-7(2,3)4;1-5-6(2,3)4;1-5(2,3)4/h10H,2-9H2,1H3;8-9H,3-7H2,1-2H3;2*6H,2-5H2,1H3;6-8H,3-5H2,1-2H3;8H,6-7H2,1-5H3;6-7H,2-5H2,1H3;6H,1-5H3;5-6H2,1-4H3;5H2,1-4H3;1-4H3/t;8-,9?,10?;;6-;6?,7-,8?;;;;;;/m.0.11....../s1. The van der Waals surface area contributed by atoms with Gasteiger partial charge in [0.2, 0.25) is 0 Å². The van der Waals surface area contributed by atoms with Gasteiger partial charge in [0, 0.05) is 0 Å². The van der Waals surface area contributed by atoms with Gasteiger partial charge in [-0.1, -0.05) is 285 Å². The number of hydrogen-bond acceptors (Lipinski definition) is 0. The number of alkyl halides is 24. The third-order valence-electron chi connectivity index (χ3n) is 27.8. The number of fused-ring (bicyclic) bond motifs is 3. The molecular weight excluding hydrogens is 1570 g/mol. The van der Waals surface area contributed by atoms with Gasteiger partial charge in [-0.15, -0.1) is 0 Å².